The Morgan fingerprint density at radius 2 is 2.03 bits per heavy atom. The molecule has 3 aliphatic rings. The smallest absolute Gasteiger partial charge is 0.251 e. The van der Waals surface area contributed by atoms with Crippen LogP contribution in [0.15, 0.2) is 24.4 Å². The molecule has 2 fully saturated rings. The van der Waals surface area contributed by atoms with E-state index in [0.717, 1.165) is 25.2 Å². The Balaban J connectivity index is 1.30. The molecule has 38 heavy (non-hydrogen) atoms. The zero-order valence-electron chi connectivity index (χ0n) is 22.1. The van der Waals surface area contributed by atoms with E-state index in [1.54, 1.807) is 43.5 Å². The Morgan fingerprint density at radius 3 is 2.76 bits per heavy atom. The van der Waals surface area contributed by atoms with Gasteiger partial charge in [-0.15, -0.1) is 0 Å². The second-order valence-corrected chi connectivity index (χ2v) is 10.2. The fourth-order valence-corrected chi connectivity index (χ4v) is 5.54. The van der Waals surface area contributed by atoms with E-state index < -0.39 is 6.17 Å². The quantitative estimate of drug-likeness (QED) is 0.542. The molecule has 2 N–H and O–H groups in total. The number of aromatic nitrogens is 2. The van der Waals surface area contributed by atoms with Gasteiger partial charge >= 0.3 is 0 Å². The van der Waals surface area contributed by atoms with Crippen LogP contribution in [0.25, 0.3) is 0 Å². The number of benzene rings is 1. The fourth-order valence-electron chi connectivity index (χ4n) is 5.54. The first kappa shape index (κ1) is 26.1. The minimum Gasteiger partial charge on any atom is -0.495 e. The summed E-state index contributed by atoms with van der Waals surface area (Å²) in [6, 6.07) is 5.52. The van der Waals surface area contributed by atoms with Crippen LogP contribution in [0.2, 0.25) is 0 Å². The Hall–Kier alpha value is -3.47. The van der Waals surface area contributed by atoms with Crippen molar-refractivity contribution in [1.82, 2.24) is 20.2 Å². The summed E-state index contributed by atoms with van der Waals surface area (Å²) in [5, 5.41) is 6.13. The van der Waals surface area contributed by atoms with Gasteiger partial charge in [0.05, 0.1) is 19.0 Å². The molecular weight excluding hydrogens is 489 g/mol. The maximum atomic E-state index is 13.3. The SMILES string of the molecule is COc1cc(C(=O)NCCN2CC[C@@H](F)C2)ccc1Nc1ncc2c(n1)N(C1CCCC1)CCC(=O)N2C. The molecule has 3 heterocycles. The first-order chi connectivity index (χ1) is 18.4. The second-order valence-electron chi connectivity index (χ2n) is 10.2. The highest BCUT2D eigenvalue weighted by atomic mass is 19.1. The van der Waals surface area contributed by atoms with E-state index in [1.165, 1.54) is 12.8 Å². The van der Waals surface area contributed by atoms with Gasteiger partial charge in [0.2, 0.25) is 11.9 Å². The number of carbonyl (C=O) groups is 2. The van der Waals surface area contributed by atoms with E-state index in [4.69, 9.17) is 9.72 Å². The van der Waals surface area contributed by atoms with Crippen LogP contribution >= 0.6 is 0 Å². The van der Waals surface area contributed by atoms with Gasteiger partial charge in [-0.3, -0.25) is 14.5 Å². The van der Waals surface area contributed by atoms with E-state index >= 15 is 0 Å². The molecule has 5 rings (SSSR count). The number of anilines is 4. The summed E-state index contributed by atoms with van der Waals surface area (Å²) in [5.41, 5.74) is 1.80. The van der Waals surface area contributed by atoms with Gasteiger partial charge in [-0.2, -0.15) is 4.98 Å². The third-order valence-corrected chi connectivity index (χ3v) is 7.73. The van der Waals surface area contributed by atoms with Crippen LogP contribution in [-0.4, -0.2) is 85.8 Å². The maximum Gasteiger partial charge on any atom is 0.251 e. The molecule has 2 aliphatic heterocycles. The molecule has 1 aromatic carbocycles. The molecule has 0 unspecified atom stereocenters. The summed E-state index contributed by atoms with van der Waals surface area (Å²) in [6.07, 6.45) is 6.47. The first-order valence-corrected chi connectivity index (χ1v) is 13.4. The van der Waals surface area contributed by atoms with Gasteiger partial charge in [0, 0.05) is 57.8 Å². The largest absolute Gasteiger partial charge is 0.495 e. The highest BCUT2D eigenvalue weighted by Crippen LogP contribution is 2.37. The average Bonchev–Trinajstić information content (AvgIpc) is 3.58. The lowest BCUT2D eigenvalue weighted by molar-refractivity contribution is -0.118. The van der Waals surface area contributed by atoms with E-state index in [0.29, 0.717) is 73.7 Å². The molecule has 1 saturated heterocycles. The van der Waals surface area contributed by atoms with E-state index in [2.05, 4.69) is 20.5 Å². The van der Waals surface area contributed by atoms with Gasteiger partial charge in [-0.25, -0.2) is 9.37 Å². The Morgan fingerprint density at radius 1 is 1.21 bits per heavy atom. The molecule has 1 atom stereocenters. The molecule has 0 radical (unpaired) electrons. The number of fused-ring (bicyclic) bond motifs is 1. The van der Waals surface area contributed by atoms with Crippen molar-refractivity contribution in [2.24, 2.45) is 0 Å². The number of halogens is 1. The molecule has 10 nitrogen and oxygen atoms in total. The predicted octanol–water partition coefficient (Wildman–Crippen LogP) is 3.12. The molecule has 1 aliphatic carbocycles. The van der Waals surface area contributed by atoms with Crippen molar-refractivity contribution in [1.29, 1.82) is 0 Å². The monoisotopic (exact) mass is 525 g/mol. The number of likely N-dealkylation sites (tertiary alicyclic amines) is 1. The topological polar surface area (TPSA) is 103 Å². The Labute approximate surface area is 222 Å². The van der Waals surface area contributed by atoms with Crippen LogP contribution in [-0.2, 0) is 4.79 Å². The number of amides is 2. The number of carbonyl (C=O) groups excluding carboxylic acids is 2. The lowest BCUT2D eigenvalue weighted by atomic mass is 10.1. The van der Waals surface area contributed by atoms with Crippen LogP contribution < -0.4 is 25.2 Å². The van der Waals surface area contributed by atoms with E-state index in [-0.39, 0.29) is 11.8 Å². The number of rotatable bonds is 8. The van der Waals surface area contributed by atoms with Gasteiger partial charge in [-0.1, -0.05) is 12.8 Å². The van der Waals surface area contributed by atoms with Crippen LogP contribution in [0.5, 0.6) is 5.75 Å². The third kappa shape index (κ3) is 5.67. The average molecular weight is 526 g/mol. The summed E-state index contributed by atoms with van der Waals surface area (Å²) in [5.74, 6) is 1.47. The highest BCUT2D eigenvalue weighted by Gasteiger charge is 2.31. The van der Waals surface area contributed by atoms with Crippen molar-refractivity contribution in [2.75, 3.05) is 62.0 Å². The minimum atomic E-state index is -0.771. The maximum absolute atomic E-state index is 13.3. The molecule has 1 saturated carbocycles. The van der Waals surface area contributed by atoms with Gasteiger partial charge in [0.25, 0.3) is 5.91 Å². The summed E-state index contributed by atoms with van der Waals surface area (Å²) in [7, 11) is 3.31. The summed E-state index contributed by atoms with van der Waals surface area (Å²) in [6.45, 7) is 2.86. The molecule has 2 aromatic rings. The van der Waals surface area contributed by atoms with Crippen LogP contribution in [0.4, 0.5) is 27.5 Å². The van der Waals surface area contributed by atoms with Crippen molar-refractivity contribution >= 4 is 35.0 Å². The van der Waals surface area contributed by atoms with E-state index in [9.17, 15) is 14.0 Å². The summed E-state index contributed by atoms with van der Waals surface area (Å²) in [4.78, 5) is 40.5. The molecule has 1 aromatic heterocycles. The molecular formula is C27H36FN7O3. The van der Waals surface area contributed by atoms with E-state index in [1.807, 2.05) is 4.90 Å². The molecule has 2 amide bonds. The summed E-state index contributed by atoms with van der Waals surface area (Å²) < 4.78 is 18.9. The number of hydrogen-bond donors (Lipinski definition) is 2. The predicted molar refractivity (Wildman–Crippen MR) is 144 cm³/mol. The molecule has 11 heteroatoms. The molecule has 0 spiro atoms. The van der Waals surface area contributed by atoms with Crippen molar-refractivity contribution < 1.29 is 18.7 Å². The molecule has 204 valence electrons. The second kappa shape index (κ2) is 11.5. The Bertz CT molecular complexity index is 1170. The van der Waals surface area contributed by atoms with Gasteiger partial charge in [0.1, 0.15) is 17.6 Å². The fraction of sp³-hybridized carbons (Fsp3) is 0.556. The van der Waals surface area contributed by atoms with Crippen molar-refractivity contribution in [3.63, 3.8) is 0 Å². The minimum absolute atomic E-state index is 0.0543. The normalized spacial score (nSPS) is 20.4. The van der Waals surface area contributed by atoms with Crippen molar-refractivity contribution in [3.05, 3.63) is 30.0 Å². The van der Waals surface area contributed by atoms with Crippen LogP contribution in [0.1, 0.15) is 48.9 Å². The number of nitrogens with zero attached hydrogens (tertiary/aromatic N) is 5. The van der Waals surface area contributed by atoms with Gasteiger partial charge < -0.3 is 25.2 Å². The number of ether oxygens (including phenoxy) is 1. The van der Waals surface area contributed by atoms with Crippen LogP contribution in [0, 0.1) is 0 Å². The lowest BCUT2D eigenvalue weighted by Gasteiger charge is -2.30. The zero-order chi connectivity index (χ0) is 26.6. The number of nitrogens with one attached hydrogen (secondary N) is 2. The standard InChI is InChI=1S/C27H36FN7O3/c1-33-22-16-30-27(32-25(22)35(13-10-24(33)36)20-5-3-4-6-20)31-21-8-7-18(15-23(21)38-2)26(37)29-11-14-34-12-9-19(28)17-34/h7-8,15-16,19-20H,3-6,9-14,17H2,1-2H3,(H,29,37)(H,30,31,32)/t19-/m1/s1. The van der Waals surface area contributed by atoms with Gasteiger partial charge in [-0.05, 0) is 37.5 Å². The van der Waals surface area contributed by atoms with Gasteiger partial charge in [0.15, 0.2) is 5.82 Å². The number of alkyl halides is 1. The Kier molecular flexibility index (Phi) is 7.92. The van der Waals surface area contributed by atoms with Crippen molar-refractivity contribution in [3.8, 4) is 5.75 Å². The third-order valence-electron chi connectivity index (χ3n) is 7.73. The number of methoxy groups -OCH3 is 1. The molecule has 0 bridgehead atoms. The first-order valence-electron chi connectivity index (χ1n) is 13.4. The van der Waals surface area contributed by atoms with Crippen LogP contribution in [0.3, 0.4) is 0 Å². The lowest BCUT2D eigenvalue weighted by Crippen LogP contribution is -2.34. The highest BCUT2D eigenvalue weighted by molar-refractivity contribution is 5.97. The number of hydrogen-bond acceptors (Lipinski definition) is 8. The summed E-state index contributed by atoms with van der Waals surface area (Å²) >= 11 is 0. The zero-order valence-corrected chi connectivity index (χ0v) is 22.1. The van der Waals surface area contributed by atoms with Crippen molar-refractivity contribution in [2.45, 2.75) is 50.7 Å².